The smallest absolute Gasteiger partial charge is 0.169 e. The van der Waals surface area contributed by atoms with E-state index in [2.05, 4.69) is 38.8 Å². The number of allylic oxidation sites excluding steroid dienone is 1. The van der Waals surface area contributed by atoms with Crippen molar-refractivity contribution in [3.8, 4) is 0 Å². The number of rotatable bonds is 5. The fraction of sp³-hybridized carbons (Fsp3) is 0.538. The van der Waals surface area contributed by atoms with Crippen LogP contribution in [0.1, 0.15) is 24.6 Å². The Hall–Kier alpha value is -0.580. The van der Waals surface area contributed by atoms with E-state index in [1.165, 1.54) is 0 Å². The van der Waals surface area contributed by atoms with Gasteiger partial charge < -0.3 is 9.73 Å². The van der Waals surface area contributed by atoms with Gasteiger partial charge in [-0.25, -0.2) is 0 Å². The van der Waals surface area contributed by atoms with Crippen molar-refractivity contribution in [1.29, 1.82) is 0 Å². The molecule has 4 heteroatoms. The second kappa shape index (κ2) is 6.38. The van der Waals surface area contributed by atoms with Crippen LogP contribution in [0.4, 0.5) is 0 Å². The van der Waals surface area contributed by atoms with Gasteiger partial charge in [-0.05, 0) is 40.9 Å². The molecule has 0 saturated carbocycles. The van der Waals surface area contributed by atoms with Crippen LogP contribution in [-0.4, -0.2) is 31.1 Å². The molecule has 17 heavy (non-hydrogen) atoms. The molecule has 3 nitrogen and oxygen atoms in total. The molecule has 1 fully saturated rings. The van der Waals surface area contributed by atoms with Gasteiger partial charge >= 0.3 is 0 Å². The summed E-state index contributed by atoms with van der Waals surface area (Å²) in [6.45, 7) is 8.10. The van der Waals surface area contributed by atoms with Crippen LogP contribution in [0.15, 0.2) is 33.9 Å². The van der Waals surface area contributed by atoms with Crippen molar-refractivity contribution in [3.63, 3.8) is 0 Å². The lowest BCUT2D eigenvalue weighted by Gasteiger charge is -2.33. The van der Waals surface area contributed by atoms with E-state index >= 15 is 0 Å². The molecular weight excluding hydrogens is 280 g/mol. The molecule has 1 aromatic heterocycles. The Morgan fingerprint density at radius 3 is 2.82 bits per heavy atom. The standard InChI is InChI=1S/C13H19BrN2O/c1-2-3-4-11(12-5-6-13(14)17-12)16-9-7-15-8-10-16/h2,5-6,11,15H,1,3-4,7-10H2/t11-/m0/s1. The summed E-state index contributed by atoms with van der Waals surface area (Å²) in [4.78, 5) is 2.49. The van der Waals surface area contributed by atoms with E-state index in [4.69, 9.17) is 4.42 Å². The van der Waals surface area contributed by atoms with Crippen molar-refractivity contribution in [3.05, 3.63) is 35.2 Å². The Morgan fingerprint density at radius 2 is 2.24 bits per heavy atom. The molecule has 0 unspecified atom stereocenters. The molecule has 2 rings (SSSR count). The largest absolute Gasteiger partial charge is 0.453 e. The quantitative estimate of drug-likeness (QED) is 0.847. The number of nitrogens with one attached hydrogen (secondary N) is 1. The number of hydrogen-bond donors (Lipinski definition) is 1. The molecule has 0 amide bonds. The zero-order chi connectivity index (χ0) is 12.1. The molecule has 0 aliphatic carbocycles. The van der Waals surface area contributed by atoms with Gasteiger partial charge in [0.25, 0.3) is 0 Å². The van der Waals surface area contributed by atoms with Gasteiger partial charge in [0.2, 0.25) is 0 Å². The molecular formula is C13H19BrN2O. The van der Waals surface area contributed by atoms with E-state index in [0.717, 1.165) is 49.5 Å². The highest BCUT2D eigenvalue weighted by molar-refractivity contribution is 9.10. The lowest BCUT2D eigenvalue weighted by atomic mass is 10.1. The van der Waals surface area contributed by atoms with Gasteiger partial charge in [0.15, 0.2) is 4.67 Å². The van der Waals surface area contributed by atoms with E-state index in [-0.39, 0.29) is 0 Å². The third-order valence-corrected chi connectivity index (χ3v) is 3.59. The van der Waals surface area contributed by atoms with Gasteiger partial charge in [-0.15, -0.1) is 6.58 Å². The Bertz CT molecular complexity index is 358. The van der Waals surface area contributed by atoms with Gasteiger partial charge in [0, 0.05) is 26.2 Å². The lowest BCUT2D eigenvalue weighted by Crippen LogP contribution is -2.45. The topological polar surface area (TPSA) is 28.4 Å². The molecule has 0 bridgehead atoms. The first-order valence-corrected chi connectivity index (χ1v) is 6.91. The van der Waals surface area contributed by atoms with Crippen molar-refractivity contribution >= 4 is 15.9 Å². The summed E-state index contributed by atoms with van der Waals surface area (Å²) >= 11 is 3.37. The van der Waals surface area contributed by atoms with Crippen LogP contribution >= 0.6 is 15.9 Å². The van der Waals surface area contributed by atoms with Crippen molar-refractivity contribution in [2.45, 2.75) is 18.9 Å². The number of halogens is 1. The molecule has 1 aliphatic rings. The third-order valence-electron chi connectivity index (χ3n) is 3.16. The van der Waals surface area contributed by atoms with Crippen LogP contribution in [-0.2, 0) is 0 Å². The van der Waals surface area contributed by atoms with Gasteiger partial charge in [0.1, 0.15) is 5.76 Å². The van der Waals surface area contributed by atoms with Crippen molar-refractivity contribution in [2.75, 3.05) is 26.2 Å². The fourth-order valence-corrected chi connectivity index (χ4v) is 2.60. The molecule has 2 heterocycles. The summed E-state index contributed by atoms with van der Waals surface area (Å²) in [7, 11) is 0. The normalized spacial score (nSPS) is 19.1. The van der Waals surface area contributed by atoms with Gasteiger partial charge in [0.05, 0.1) is 6.04 Å². The molecule has 0 aromatic carbocycles. The summed E-state index contributed by atoms with van der Waals surface area (Å²) in [5, 5.41) is 3.38. The minimum atomic E-state index is 0.376. The van der Waals surface area contributed by atoms with E-state index in [0.29, 0.717) is 6.04 Å². The number of nitrogens with zero attached hydrogens (tertiary/aromatic N) is 1. The molecule has 94 valence electrons. The monoisotopic (exact) mass is 298 g/mol. The maximum atomic E-state index is 5.72. The fourth-order valence-electron chi connectivity index (χ4n) is 2.28. The molecule has 1 saturated heterocycles. The molecule has 1 aromatic rings. The van der Waals surface area contributed by atoms with Crippen LogP contribution in [0.2, 0.25) is 0 Å². The third kappa shape index (κ3) is 3.44. The van der Waals surface area contributed by atoms with E-state index in [1.54, 1.807) is 0 Å². The lowest BCUT2D eigenvalue weighted by molar-refractivity contribution is 0.146. The van der Waals surface area contributed by atoms with E-state index in [9.17, 15) is 0 Å². The van der Waals surface area contributed by atoms with E-state index in [1.807, 2.05) is 12.1 Å². The highest BCUT2D eigenvalue weighted by Gasteiger charge is 2.23. The average Bonchev–Trinajstić information content (AvgIpc) is 2.78. The minimum Gasteiger partial charge on any atom is -0.453 e. The minimum absolute atomic E-state index is 0.376. The highest BCUT2D eigenvalue weighted by atomic mass is 79.9. The van der Waals surface area contributed by atoms with Crippen molar-refractivity contribution < 1.29 is 4.42 Å². The predicted octanol–water partition coefficient (Wildman–Crippen LogP) is 2.95. The maximum absolute atomic E-state index is 5.72. The summed E-state index contributed by atoms with van der Waals surface area (Å²) in [6, 6.07) is 4.42. The number of hydrogen-bond acceptors (Lipinski definition) is 3. The Balaban J connectivity index is 2.08. The van der Waals surface area contributed by atoms with Gasteiger partial charge in [-0.3, -0.25) is 4.90 Å². The Kier molecular flexibility index (Phi) is 4.83. The molecule has 1 aliphatic heterocycles. The second-order valence-corrected chi connectivity index (χ2v) is 5.09. The molecule has 0 radical (unpaired) electrons. The Labute approximate surface area is 111 Å². The molecule has 1 atom stereocenters. The number of piperazine rings is 1. The first kappa shape index (κ1) is 12.9. The maximum Gasteiger partial charge on any atom is 0.169 e. The summed E-state index contributed by atoms with van der Waals surface area (Å²) in [5.41, 5.74) is 0. The van der Waals surface area contributed by atoms with Gasteiger partial charge in [-0.1, -0.05) is 6.08 Å². The zero-order valence-corrected chi connectivity index (χ0v) is 11.6. The first-order chi connectivity index (χ1) is 8.31. The van der Waals surface area contributed by atoms with Crippen molar-refractivity contribution in [2.24, 2.45) is 0 Å². The van der Waals surface area contributed by atoms with Crippen LogP contribution in [0.25, 0.3) is 0 Å². The van der Waals surface area contributed by atoms with Gasteiger partial charge in [-0.2, -0.15) is 0 Å². The number of furan rings is 1. The average molecular weight is 299 g/mol. The Morgan fingerprint density at radius 1 is 1.47 bits per heavy atom. The molecule has 1 N–H and O–H groups in total. The van der Waals surface area contributed by atoms with Crippen LogP contribution < -0.4 is 5.32 Å². The summed E-state index contributed by atoms with van der Waals surface area (Å²) in [5.74, 6) is 1.06. The van der Waals surface area contributed by atoms with E-state index < -0.39 is 0 Å². The van der Waals surface area contributed by atoms with Crippen LogP contribution in [0, 0.1) is 0 Å². The van der Waals surface area contributed by atoms with Crippen LogP contribution in [0.5, 0.6) is 0 Å². The molecule has 0 spiro atoms. The second-order valence-electron chi connectivity index (χ2n) is 4.31. The van der Waals surface area contributed by atoms with Crippen LogP contribution in [0.3, 0.4) is 0 Å². The highest BCUT2D eigenvalue weighted by Crippen LogP contribution is 2.29. The predicted molar refractivity (Wildman–Crippen MR) is 73.0 cm³/mol. The summed E-state index contributed by atoms with van der Waals surface area (Å²) < 4.78 is 6.53. The zero-order valence-electron chi connectivity index (χ0n) is 9.99. The first-order valence-electron chi connectivity index (χ1n) is 6.12. The summed E-state index contributed by atoms with van der Waals surface area (Å²) in [6.07, 6.45) is 4.07. The SMILES string of the molecule is C=CCC[C@@H](c1ccc(Br)o1)N1CCNCC1. The van der Waals surface area contributed by atoms with Crippen molar-refractivity contribution in [1.82, 2.24) is 10.2 Å².